The maximum Gasteiger partial charge on any atom is 0.311 e. The van der Waals surface area contributed by atoms with Gasteiger partial charge in [-0.3, -0.25) is 4.79 Å². The Balaban J connectivity index is 2.07. The number of rotatable bonds is 6. The molecule has 5 nitrogen and oxygen atoms in total. The molecule has 0 heterocycles. The van der Waals surface area contributed by atoms with Gasteiger partial charge in [-0.15, -0.1) is 0 Å². The summed E-state index contributed by atoms with van der Waals surface area (Å²) in [5.41, 5.74) is 0.191. The molecular formula is C13H17NO4. The van der Waals surface area contributed by atoms with Crippen LogP contribution >= 0.6 is 0 Å². The van der Waals surface area contributed by atoms with E-state index >= 15 is 0 Å². The van der Waals surface area contributed by atoms with E-state index in [9.17, 15) is 4.79 Å². The minimum Gasteiger partial charge on any atom is -0.497 e. The fraction of sp³-hybridized carbons (Fsp3) is 0.462. The minimum atomic E-state index is -0.734. The van der Waals surface area contributed by atoms with Gasteiger partial charge in [0.1, 0.15) is 11.5 Å². The Morgan fingerprint density at radius 1 is 1.39 bits per heavy atom. The predicted molar refractivity (Wildman–Crippen MR) is 67.3 cm³/mol. The highest BCUT2D eigenvalue weighted by Gasteiger charge is 2.50. The molecule has 1 aromatic rings. The number of nitrogens with one attached hydrogen (secondary N) is 1. The first-order valence-corrected chi connectivity index (χ1v) is 5.80. The van der Waals surface area contributed by atoms with E-state index in [1.54, 1.807) is 20.3 Å². The molecule has 5 heteroatoms. The first-order chi connectivity index (χ1) is 8.61. The molecule has 18 heavy (non-hydrogen) atoms. The van der Waals surface area contributed by atoms with Crippen LogP contribution in [0.2, 0.25) is 0 Å². The van der Waals surface area contributed by atoms with E-state index in [0.717, 1.165) is 18.5 Å². The van der Waals surface area contributed by atoms with E-state index in [-0.39, 0.29) is 0 Å². The summed E-state index contributed by atoms with van der Waals surface area (Å²) in [5.74, 6) is 0.620. The summed E-state index contributed by atoms with van der Waals surface area (Å²) in [7, 11) is 3.16. The van der Waals surface area contributed by atoms with Crippen LogP contribution in [0.15, 0.2) is 18.2 Å². The largest absolute Gasteiger partial charge is 0.497 e. The van der Waals surface area contributed by atoms with Crippen molar-refractivity contribution in [1.82, 2.24) is 0 Å². The van der Waals surface area contributed by atoms with E-state index < -0.39 is 11.4 Å². The second kappa shape index (κ2) is 4.76. The summed E-state index contributed by atoms with van der Waals surface area (Å²) in [4.78, 5) is 11.1. The zero-order valence-electron chi connectivity index (χ0n) is 10.5. The number of anilines is 1. The Bertz CT molecular complexity index is 454. The van der Waals surface area contributed by atoms with Gasteiger partial charge < -0.3 is 19.9 Å². The van der Waals surface area contributed by atoms with Crippen molar-refractivity contribution in [2.24, 2.45) is 5.41 Å². The molecule has 0 saturated heterocycles. The molecule has 2 rings (SSSR count). The summed E-state index contributed by atoms with van der Waals surface area (Å²) >= 11 is 0. The lowest BCUT2D eigenvalue weighted by Gasteiger charge is -2.15. The molecule has 0 aliphatic heterocycles. The SMILES string of the molecule is COc1ccc(NCC2(C(=O)O)CC2)c(OC)c1. The number of methoxy groups -OCH3 is 2. The Hall–Kier alpha value is -1.91. The van der Waals surface area contributed by atoms with Gasteiger partial charge >= 0.3 is 5.97 Å². The summed E-state index contributed by atoms with van der Waals surface area (Å²) in [6.07, 6.45) is 1.46. The Morgan fingerprint density at radius 3 is 2.61 bits per heavy atom. The number of hydrogen-bond donors (Lipinski definition) is 2. The van der Waals surface area contributed by atoms with Gasteiger partial charge in [0.05, 0.1) is 25.3 Å². The van der Waals surface area contributed by atoms with E-state index in [1.165, 1.54) is 0 Å². The Labute approximate surface area is 106 Å². The Kier molecular flexibility index (Phi) is 3.32. The van der Waals surface area contributed by atoms with Crippen LogP contribution in [-0.2, 0) is 4.79 Å². The zero-order chi connectivity index (χ0) is 13.2. The third-order valence-corrected chi connectivity index (χ3v) is 3.33. The van der Waals surface area contributed by atoms with Crippen molar-refractivity contribution in [2.45, 2.75) is 12.8 Å². The maximum atomic E-state index is 11.1. The van der Waals surface area contributed by atoms with Gasteiger partial charge in [-0.2, -0.15) is 0 Å². The first kappa shape index (κ1) is 12.5. The van der Waals surface area contributed by atoms with Crippen LogP contribution < -0.4 is 14.8 Å². The van der Waals surface area contributed by atoms with E-state index in [1.807, 2.05) is 12.1 Å². The lowest BCUT2D eigenvalue weighted by Crippen LogP contribution is -2.24. The highest BCUT2D eigenvalue weighted by atomic mass is 16.5. The van der Waals surface area contributed by atoms with Crippen molar-refractivity contribution >= 4 is 11.7 Å². The highest BCUT2D eigenvalue weighted by molar-refractivity contribution is 5.78. The van der Waals surface area contributed by atoms with E-state index in [0.29, 0.717) is 18.0 Å². The van der Waals surface area contributed by atoms with Crippen molar-refractivity contribution < 1.29 is 19.4 Å². The highest BCUT2D eigenvalue weighted by Crippen LogP contribution is 2.46. The summed E-state index contributed by atoms with van der Waals surface area (Å²) in [5, 5.41) is 12.2. The quantitative estimate of drug-likeness (QED) is 0.809. The average Bonchev–Trinajstić information content (AvgIpc) is 3.17. The summed E-state index contributed by atoms with van der Waals surface area (Å²) in [6.45, 7) is 0.422. The number of benzene rings is 1. The molecule has 1 fully saturated rings. The molecule has 0 atom stereocenters. The van der Waals surface area contributed by atoms with Crippen molar-refractivity contribution in [3.8, 4) is 11.5 Å². The van der Waals surface area contributed by atoms with Crippen molar-refractivity contribution in [3.63, 3.8) is 0 Å². The van der Waals surface area contributed by atoms with Crippen LogP contribution in [0.3, 0.4) is 0 Å². The monoisotopic (exact) mass is 251 g/mol. The molecule has 0 aromatic heterocycles. The topological polar surface area (TPSA) is 67.8 Å². The van der Waals surface area contributed by atoms with Gasteiger partial charge in [0, 0.05) is 12.6 Å². The number of aliphatic carboxylic acids is 1. The average molecular weight is 251 g/mol. The number of carboxylic acid groups (broad SMARTS) is 1. The second-order valence-corrected chi connectivity index (χ2v) is 4.51. The maximum absolute atomic E-state index is 11.1. The molecule has 0 amide bonds. The lowest BCUT2D eigenvalue weighted by molar-refractivity contribution is -0.142. The van der Waals surface area contributed by atoms with Gasteiger partial charge in [0.15, 0.2) is 0 Å². The Morgan fingerprint density at radius 2 is 2.11 bits per heavy atom. The van der Waals surface area contributed by atoms with Crippen LogP contribution in [0.5, 0.6) is 11.5 Å². The number of ether oxygens (including phenoxy) is 2. The van der Waals surface area contributed by atoms with Gasteiger partial charge in [-0.05, 0) is 25.0 Å². The van der Waals surface area contributed by atoms with Crippen LogP contribution in [0.4, 0.5) is 5.69 Å². The minimum absolute atomic E-state index is 0.422. The summed E-state index contributed by atoms with van der Waals surface area (Å²) in [6, 6.07) is 5.41. The molecule has 1 aliphatic carbocycles. The number of carboxylic acids is 1. The molecule has 2 N–H and O–H groups in total. The molecule has 0 bridgehead atoms. The van der Waals surface area contributed by atoms with E-state index in [2.05, 4.69) is 5.32 Å². The second-order valence-electron chi connectivity index (χ2n) is 4.51. The molecule has 1 aliphatic rings. The fourth-order valence-corrected chi connectivity index (χ4v) is 1.83. The molecular weight excluding hydrogens is 234 g/mol. The lowest BCUT2D eigenvalue weighted by atomic mass is 10.1. The van der Waals surface area contributed by atoms with Gasteiger partial charge in [-0.1, -0.05) is 0 Å². The summed E-state index contributed by atoms with van der Waals surface area (Å²) < 4.78 is 10.3. The van der Waals surface area contributed by atoms with Crippen LogP contribution in [0, 0.1) is 5.41 Å². The smallest absolute Gasteiger partial charge is 0.311 e. The van der Waals surface area contributed by atoms with Crippen LogP contribution in [0.25, 0.3) is 0 Å². The molecule has 0 radical (unpaired) electrons. The zero-order valence-corrected chi connectivity index (χ0v) is 10.5. The van der Waals surface area contributed by atoms with Crippen LogP contribution in [-0.4, -0.2) is 31.8 Å². The molecule has 1 aromatic carbocycles. The molecule has 98 valence electrons. The van der Waals surface area contributed by atoms with Crippen molar-refractivity contribution in [3.05, 3.63) is 18.2 Å². The fourth-order valence-electron chi connectivity index (χ4n) is 1.83. The van der Waals surface area contributed by atoms with E-state index in [4.69, 9.17) is 14.6 Å². The predicted octanol–water partition coefficient (Wildman–Crippen LogP) is 1.98. The van der Waals surface area contributed by atoms with Crippen LogP contribution in [0.1, 0.15) is 12.8 Å². The molecule has 1 saturated carbocycles. The third kappa shape index (κ3) is 2.34. The molecule has 0 unspecified atom stereocenters. The third-order valence-electron chi connectivity index (χ3n) is 3.33. The van der Waals surface area contributed by atoms with Crippen molar-refractivity contribution in [2.75, 3.05) is 26.1 Å². The number of carbonyl (C=O) groups is 1. The van der Waals surface area contributed by atoms with Gasteiger partial charge in [-0.25, -0.2) is 0 Å². The normalized spacial score (nSPS) is 15.9. The molecule has 0 spiro atoms. The van der Waals surface area contributed by atoms with Gasteiger partial charge in [0.2, 0.25) is 0 Å². The standard InChI is InChI=1S/C13H17NO4/c1-17-9-3-4-10(11(7-9)18-2)14-8-13(5-6-13)12(15)16/h3-4,7,14H,5-6,8H2,1-2H3,(H,15,16). The van der Waals surface area contributed by atoms with Gasteiger partial charge in [0.25, 0.3) is 0 Å². The van der Waals surface area contributed by atoms with Crippen molar-refractivity contribution in [1.29, 1.82) is 0 Å². The first-order valence-electron chi connectivity index (χ1n) is 5.80. The number of hydrogen-bond acceptors (Lipinski definition) is 4.